The van der Waals surface area contributed by atoms with Crippen LogP contribution >= 0.6 is 0 Å². The number of amides is 1. The van der Waals surface area contributed by atoms with Gasteiger partial charge in [-0.25, -0.2) is 14.4 Å². The van der Waals surface area contributed by atoms with E-state index >= 15 is 0 Å². The molecular formula is C23H23FN4O. The summed E-state index contributed by atoms with van der Waals surface area (Å²) in [6, 6.07) is 16.8. The maximum Gasteiger partial charge on any atom is 0.256 e. The predicted octanol–water partition coefficient (Wildman–Crippen LogP) is 4.45. The van der Waals surface area contributed by atoms with Crippen molar-refractivity contribution in [3.63, 3.8) is 0 Å². The maximum absolute atomic E-state index is 13.7. The SMILES string of the molecule is O=C(c1cnc(Nc2ccccc2F)nc1)N1CCC(Cc2ccccc2)CC1. The van der Waals surface area contributed by atoms with Crippen molar-refractivity contribution in [2.45, 2.75) is 19.3 Å². The standard InChI is InChI=1S/C23H23FN4O/c24-20-8-4-5-9-21(20)27-23-25-15-19(16-26-23)22(29)28-12-10-18(11-13-28)14-17-6-2-1-3-7-17/h1-9,15-16,18H,10-14H2,(H,25,26,27). The molecule has 0 unspecified atom stereocenters. The summed E-state index contributed by atoms with van der Waals surface area (Å²) in [5, 5.41) is 2.82. The van der Waals surface area contributed by atoms with Crippen LogP contribution in [-0.2, 0) is 6.42 Å². The van der Waals surface area contributed by atoms with Crippen LogP contribution in [-0.4, -0.2) is 33.9 Å². The van der Waals surface area contributed by atoms with Crippen molar-refractivity contribution in [2.24, 2.45) is 5.92 Å². The van der Waals surface area contributed by atoms with Gasteiger partial charge in [0.15, 0.2) is 0 Å². The largest absolute Gasteiger partial charge is 0.339 e. The lowest BCUT2D eigenvalue weighted by Gasteiger charge is -2.32. The van der Waals surface area contributed by atoms with E-state index in [4.69, 9.17) is 0 Å². The number of halogens is 1. The van der Waals surface area contributed by atoms with Crippen LogP contribution in [0.2, 0.25) is 0 Å². The molecule has 0 bridgehead atoms. The summed E-state index contributed by atoms with van der Waals surface area (Å²) in [5.41, 5.74) is 2.10. The second-order valence-electron chi connectivity index (χ2n) is 7.33. The number of piperidine rings is 1. The van der Waals surface area contributed by atoms with Gasteiger partial charge in [-0.2, -0.15) is 0 Å². The number of para-hydroxylation sites is 1. The molecule has 3 aromatic rings. The number of likely N-dealkylation sites (tertiary alicyclic amines) is 1. The van der Waals surface area contributed by atoms with Gasteiger partial charge in [-0.3, -0.25) is 4.79 Å². The molecule has 0 spiro atoms. The lowest BCUT2D eigenvalue weighted by molar-refractivity contribution is 0.0689. The molecule has 1 fully saturated rings. The highest BCUT2D eigenvalue weighted by Crippen LogP contribution is 2.23. The first-order valence-electron chi connectivity index (χ1n) is 9.86. The van der Waals surface area contributed by atoms with Crippen molar-refractivity contribution in [1.29, 1.82) is 0 Å². The molecule has 5 nitrogen and oxygen atoms in total. The van der Waals surface area contributed by atoms with Crippen LogP contribution in [0.1, 0.15) is 28.8 Å². The van der Waals surface area contributed by atoms with Crippen LogP contribution in [0.15, 0.2) is 67.0 Å². The molecule has 1 N–H and O–H groups in total. The molecule has 0 saturated carbocycles. The van der Waals surface area contributed by atoms with Crippen molar-refractivity contribution in [1.82, 2.24) is 14.9 Å². The molecule has 6 heteroatoms. The van der Waals surface area contributed by atoms with E-state index in [-0.39, 0.29) is 17.7 Å². The summed E-state index contributed by atoms with van der Waals surface area (Å²) < 4.78 is 13.7. The smallest absolute Gasteiger partial charge is 0.256 e. The van der Waals surface area contributed by atoms with Crippen LogP contribution in [0.25, 0.3) is 0 Å². The van der Waals surface area contributed by atoms with Crippen LogP contribution < -0.4 is 5.32 Å². The second-order valence-corrected chi connectivity index (χ2v) is 7.33. The molecule has 1 aliphatic rings. The monoisotopic (exact) mass is 390 g/mol. The first-order valence-corrected chi connectivity index (χ1v) is 9.86. The Balaban J connectivity index is 1.32. The minimum absolute atomic E-state index is 0.0550. The number of carbonyl (C=O) groups is 1. The molecule has 1 amide bonds. The van der Waals surface area contributed by atoms with Gasteiger partial charge in [0.1, 0.15) is 5.82 Å². The van der Waals surface area contributed by atoms with Gasteiger partial charge >= 0.3 is 0 Å². The molecule has 29 heavy (non-hydrogen) atoms. The van der Waals surface area contributed by atoms with Crippen molar-refractivity contribution >= 4 is 17.5 Å². The number of nitrogens with zero attached hydrogens (tertiary/aromatic N) is 3. The molecular weight excluding hydrogens is 367 g/mol. The van der Waals surface area contributed by atoms with Crippen LogP contribution in [0, 0.1) is 11.7 Å². The minimum atomic E-state index is -0.380. The van der Waals surface area contributed by atoms with E-state index in [1.807, 2.05) is 11.0 Å². The highest BCUT2D eigenvalue weighted by Gasteiger charge is 2.24. The van der Waals surface area contributed by atoms with Gasteiger partial charge < -0.3 is 10.2 Å². The first kappa shape index (κ1) is 19.1. The third-order valence-electron chi connectivity index (χ3n) is 5.29. The Hall–Kier alpha value is -3.28. The Bertz CT molecular complexity index is 954. The van der Waals surface area contributed by atoms with Crippen LogP contribution in [0.4, 0.5) is 16.0 Å². The zero-order chi connectivity index (χ0) is 20.1. The lowest BCUT2D eigenvalue weighted by Crippen LogP contribution is -2.39. The van der Waals surface area contributed by atoms with Gasteiger partial charge in [-0.15, -0.1) is 0 Å². The van der Waals surface area contributed by atoms with E-state index in [0.717, 1.165) is 32.4 Å². The summed E-state index contributed by atoms with van der Waals surface area (Å²) in [4.78, 5) is 22.9. The topological polar surface area (TPSA) is 58.1 Å². The van der Waals surface area contributed by atoms with E-state index in [0.29, 0.717) is 17.2 Å². The Kier molecular flexibility index (Phi) is 5.79. The van der Waals surface area contributed by atoms with Gasteiger partial charge in [0.2, 0.25) is 5.95 Å². The summed E-state index contributed by atoms with van der Waals surface area (Å²) in [6.45, 7) is 1.48. The number of nitrogens with one attached hydrogen (secondary N) is 1. The molecule has 2 heterocycles. The fourth-order valence-electron chi connectivity index (χ4n) is 3.66. The Morgan fingerprint density at radius 2 is 1.66 bits per heavy atom. The summed E-state index contributed by atoms with van der Waals surface area (Å²) >= 11 is 0. The molecule has 1 aliphatic heterocycles. The van der Waals surface area contributed by atoms with Gasteiger partial charge in [0.25, 0.3) is 5.91 Å². The zero-order valence-electron chi connectivity index (χ0n) is 16.1. The summed E-state index contributed by atoms with van der Waals surface area (Å²) in [6.07, 6.45) is 6.04. The van der Waals surface area contributed by atoms with E-state index in [1.54, 1.807) is 18.2 Å². The van der Waals surface area contributed by atoms with Crippen molar-refractivity contribution in [2.75, 3.05) is 18.4 Å². The molecule has 0 aliphatic carbocycles. The first-order chi connectivity index (χ1) is 14.2. The highest BCUT2D eigenvalue weighted by molar-refractivity contribution is 5.93. The minimum Gasteiger partial charge on any atom is -0.339 e. The predicted molar refractivity (Wildman–Crippen MR) is 110 cm³/mol. The molecule has 0 atom stereocenters. The average Bonchev–Trinajstić information content (AvgIpc) is 2.77. The van der Waals surface area contributed by atoms with Crippen molar-refractivity contribution < 1.29 is 9.18 Å². The van der Waals surface area contributed by atoms with Gasteiger partial charge in [0, 0.05) is 25.5 Å². The molecule has 4 rings (SSSR count). The Labute approximate surface area is 169 Å². The van der Waals surface area contributed by atoms with Gasteiger partial charge in [0.05, 0.1) is 11.3 Å². The molecule has 148 valence electrons. The number of benzene rings is 2. The normalized spacial score (nSPS) is 14.6. The summed E-state index contributed by atoms with van der Waals surface area (Å²) in [7, 11) is 0. The fourth-order valence-corrected chi connectivity index (χ4v) is 3.66. The number of aromatic nitrogens is 2. The number of hydrogen-bond donors (Lipinski definition) is 1. The Morgan fingerprint density at radius 1 is 1.00 bits per heavy atom. The van der Waals surface area contributed by atoms with Crippen LogP contribution in [0.5, 0.6) is 0 Å². The number of hydrogen-bond acceptors (Lipinski definition) is 4. The van der Waals surface area contributed by atoms with Crippen molar-refractivity contribution in [3.8, 4) is 0 Å². The molecule has 0 radical (unpaired) electrons. The quantitative estimate of drug-likeness (QED) is 0.699. The second kappa shape index (κ2) is 8.82. The highest BCUT2D eigenvalue weighted by atomic mass is 19.1. The fraction of sp³-hybridized carbons (Fsp3) is 0.261. The molecule has 1 saturated heterocycles. The molecule has 1 aromatic heterocycles. The molecule has 2 aromatic carbocycles. The van der Waals surface area contributed by atoms with Gasteiger partial charge in [-0.1, -0.05) is 42.5 Å². The van der Waals surface area contributed by atoms with Crippen molar-refractivity contribution in [3.05, 3.63) is 83.9 Å². The lowest BCUT2D eigenvalue weighted by atomic mass is 9.90. The van der Waals surface area contributed by atoms with Gasteiger partial charge in [-0.05, 0) is 42.9 Å². The third kappa shape index (κ3) is 4.77. The van der Waals surface area contributed by atoms with E-state index in [9.17, 15) is 9.18 Å². The van der Waals surface area contributed by atoms with Crippen LogP contribution in [0.3, 0.4) is 0 Å². The van der Waals surface area contributed by atoms with E-state index in [2.05, 4.69) is 39.6 Å². The Morgan fingerprint density at radius 3 is 2.34 bits per heavy atom. The zero-order valence-corrected chi connectivity index (χ0v) is 16.1. The average molecular weight is 390 g/mol. The number of rotatable bonds is 5. The van der Waals surface area contributed by atoms with E-state index in [1.165, 1.54) is 24.0 Å². The number of carbonyl (C=O) groups excluding carboxylic acids is 1. The summed E-state index contributed by atoms with van der Waals surface area (Å²) in [5.74, 6) is 0.425. The maximum atomic E-state index is 13.7. The number of anilines is 2. The third-order valence-corrected chi connectivity index (χ3v) is 5.29. The van der Waals surface area contributed by atoms with E-state index < -0.39 is 0 Å².